The molecule has 1 aromatic heterocycles. The molecule has 0 aliphatic carbocycles. The Morgan fingerprint density at radius 2 is 1.62 bits per heavy atom. The Balaban J connectivity index is 0.000000187. The number of carbonyl (C=O) groups is 2. The monoisotopic (exact) mass is 352 g/mol. The average molecular weight is 352 g/mol. The van der Waals surface area contributed by atoms with E-state index in [1.54, 1.807) is 6.92 Å². The summed E-state index contributed by atoms with van der Waals surface area (Å²) >= 11 is 0. The first-order valence-corrected chi connectivity index (χ1v) is 8.03. The zero-order valence-corrected chi connectivity index (χ0v) is 14.4. The van der Waals surface area contributed by atoms with E-state index in [-0.39, 0.29) is 11.1 Å². The van der Waals surface area contributed by atoms with E-state index in [9.17, 15) is 9.59 Å². The maximum Gasteiger partial charge on any atom is 0.335 e. The summed E-state index contributed by atoms with van der Waals surface area (Å²) in [4.78, 5) is 25.1. The van der Waals surface area contributed by atoms with Crippen LogP contribution in [-0.2, 0) is 13.0 Å². The molecule has 0 saturated heterocycles. The smallest absolute Gasteiger partial charge is 0.335 e. The van der Waals surface area contributed by atoms with E-state index in [2.05, 4.69) is 33.8 Å². The number of aromatic nitrogens is 2. The largest absolute Gasteiger partial charge is 0.478 e. The van der Waals surface area contributed by atoms with E-state index in [1.807, 2.05) is 24.8 Å². The second-order valence-electron chi connectivity index (χ2n) is 5.73. The predicted molar refractivity (Wildman–Crippen MR) is 97.5 cm³/mol. The van der Waals surface area contributed by atoms with Crippen molar-refractivity contribution in [3.63, 3.8) is 0 Å². The van der Waals surface area contributed by atoms with E-state index < -0.39 is 11.9 Å². The Kier molecular flexibility index (Phi) is 6.68. The summed E-state index contributed by atoms with van der Waals surface area (Å²) in [6.07, 6.45) is 6.72. The lowest BCUT2D eigenvalue weighted by Gasteiger charge is -2.01. The normalized spacial score (nSPS) is 9.88. The van der Waals surface area contributed by atoms with Gasteiger partial charge < -0.3 is 14.8 Å². The first-order valence-electron chi connectivity index (χ1n) is 8.03. The van der Waals surface area contributed by atoms with Crippen molar-refractivity contribution in [3.8, 4) is 0 Å². The van der Waals surface area contributed by atoms with Crippen LogP contribution in [0, 0.1) is 6.92 Å². The number of carboxylic acids is 2. The van der Waals surface area contributed by atoms with Gasteiger partial charge in [-0.05, 0) is 42.7 Å². The number of hydrogen-bond acceptors (Lipinski definition) is 3. The van der Waals surface area contributed by atoms with Crippen molar-refractivity contribution in [3.05, 3.63) is 89.5 Å². The summed E-state index contributed by atoms with van der Waals surface area (Å²) in [7, 11) is 0. The maximum absolute atomic E-state index is 10.5. The van der Waals surface area contributed by atoms with E-state index in [1.165, 1.54) is 17.7 Å². The van der Waals surface area contributed by atoms with Gasteiger partial charge in [0.2, 0.25) is 0 Å². The Hall–Kier alpha value is -3.41. The lowest BCUT2D eigenvalue weighted by molar-refractivity contribution is 0.0696. The quantitative estimate of drug-likeness (QED) is 0.733. The van der Waals surface area contributed by atoms with Gasteiger partial charge in [0.25, 0.3) is 0 Å². The molecule has 1 heterocycles. The van der Waals surface area contributed by atoms with Gasteiger partial charge in [-0.25, -0.2) is 14.6 Å². The molecule has 0 aliphatic rings. The molecule has 6 heteroatoms. The molecule has 3 rings (SSSR count). The topological polar surface area (TPSA) is 92.4 Å². The first kappa shape index (κ1) is 18.9. The fraction of sp³-hybridized carbons (Fsp3) is 0.150. The summed E-state index contributed by atoms with van der Waals surface area (Å²) in [6, 6.07) is 14.5. The minimum absolute atomic E-state index is 0.00241. The molecule has 26 heavy (non-hydrogen) atoms. The average Bonchev–Trinajstić information content (AvgIpc) is 3.14. The molecular weight excluding hydrogens is 332 g/mol. The summed E-state index contributed by atoms with van der Waals surface area (Å²) in [5, 5.41) is 17.2. The van der Waals surface area contributed by atoms with E-state index in [4.69, 9.17) is 10.2 Å². The fourth-order valence-corrected chi connectivity index (χ4v) is 2.35. The predicted octanol–water partition coefficient (Wildman–Crippen LogP) is 3.52. The zero-order chi connectivity index (χ0) is 18.9. The first-order chi connectivity index (χ1) is 12.5. The van der Waals surface area contributed by atoms with Crippen LogP contribution in [0.3, 0.4) is 0 Å². The molecule has 2 aromatic carbocycles. The van der Waals surface area contributed by atoms with Crippen LogP contribution in [-0.4, -0.2) is 31.7 Å². The number of imidazole rings is 1. The van der Waals surface area contributed by atoms with Crippen molar-refractivity contribution in [2.45, 2.75) is 19.9 Å². The van der Waals surface area contributed by atoms with Gasteiger partial charge >= 0.3 is 11.9 Å². The molecule has 0 spiro atoms. The number of hydrogen-bond donors (Lipinski definition) is 2. The molecule has 0 amide bonds. The third kappa shape index (κ3) is 5.90. The molecule has 0 radical (unpaired) electrons. The highest BCUT2D eigenvalue weighted by molar-refractivity contribution is 5.94. The van der Waals surface area contributed by atoms with Gasteiger partial charge in [-0.2, -0.15) is 0 Å². The van der Waals surface area contributed by atoms with Crippen LogP contribution in [0.1, 0.15) is 31.8 Å². The highest BCUT2D eigenvalue weighted by Crippen LogP contribution is 2.09. The van der Waals surface area contributed by atoms with E-state index in [0.717, 1.165) is 19.0 Å². The molecular formula is C20H20N2O4. The Labute approximate surface area is 151 Å². The SMILES string of the molecule is Cc1cc(C(=O)O)cc(C(=O)O)c1.c1ccc(CCn2ccnc2)cc1. The van der Waals surface area contributed by atoms with Crippen molar-refractivity contribution in [1.82, 2.24) is 9.55 Å². The van der Waals surface area contributed by atoms with Gasteiger partial charge in [0.1, 0.15) is 0 Å². The second-order valence-corrected chi connectivity index (χ2v) is 5.73. The van der Waals surface area contributed by atoms with Crippen molar-refractivity contribution in [2.24, 2.45) is 0 Å². The highest BCUT2D eigenvalue weighted by Gasteiger charge is 2.09. The summed E-state index contributed by atoms with van der Waals surface area (Å²) < 4.78 is 2.09. The van der Waals surface area contributed by atoms with Crippen LogP contribution in [0.2, 0.25) is 0 Å². The van der Waals surface area contributed by atoms with Gasteiger partial charge in [0.05, 0.1) is 17.5 Å². The maximum atomic E-state index is 10.5. The number of aryl methyl sites for hydroxylation is 3. The van der Waals surface area contributed by atoms with Crippen LogP contribution in [0.25, 0.3) is 0 Å². The van der Waals surface area contributed by atoms with E-state index >= 15 is 0 Å². The number of rotatable bonds is 5. The van der Waals surface area contributed by atoms with Gasteiger partial charge in [-0.3, -0.25) is 0 Å². The number of benzene rings is 2. The van der Waals surface area contributed by atoms with Crippen LogP contribution in [0.15, 0.2) is 67.3 Å². The second kappa shape index (κ2) is 9.17. The van der Waals surface area contributed by atoms with Crippen molar-refractivity contribution in [1.29, 1.82) is 0 Å². The molecule has 0 atom stereocenters. The highest BCUT2D eigenvalue weighted by atomic mass is 16.4. The molecule has 0 saturated carbocycles. The van der Waals surface area contributed by atoms with Crippen LogP contribution >= 0.6 is 0 Å². The molecule has 2 N–H and O–H groups in total. The van der Waals surface area contributed by atoms with Gasteiger partial charge in [-0.15, -0.1) is 0 Å². The zero-order valence-electron chi connectivity index (χ0n) is 14.4. The number of nitrogens with zero attached hydrogens (tertiary/aromatic N) is 2. The van der Waals surface area contributed by atoms with Crippen LogP contribution < -0.4 is 0 Å². The summed E-state index contributed by atoms with van der Waals surface area (Å²) in [5.41, 5.74) is 1.99. The third-order valence-electron chi connectivity index (χ3n) is 3.63. The molecule has 0 aliphatic heterocycles. The number of carboxylic acid groups (broad SMARTS) is 2. The van der Waals surface area contributed by atoms with Gasteiger partial charge in [0.15, 0.2) is 0 Å². The summed E-state index contributed by atoms with van der Waals surface area (Å²) in [6.45, 7) is 2.66. The molecule has 0 fully saturated rings. The molecule has 0 bridgehead atoms. The van der Waals surface area contributed by atoms with Crippen molar-refractivity contribution in [2.75, 3.05) is 0 Å². The molecule has 134 valence electrons. The van der Waals surface area contributed by atoms with Crippen molar-refractivity contribution >= 4 is 11.9 Å². The molecule has 6 nitrogen and oxygen atoms in total. The lowest BCUT2D eigenvalue weighted by Crippen LogP contribution is -2.02. The van der Waals surface area contributed by atoms with Crippen molar-refractivity contribution < 1.29 is 19.8 Å². The molecule has 3 aromatic rings. The Morgan fingerprint density at radius 1 is 1.00 bits per heavy atom. The third-order valence-corrected chi connectivity index (χ3v) is 3.63. The fourth-order valence-electron chi connectivity index (χ4n) is 2.35. The molecule has 0 unspecified atom stereocenters. The summed E-state index contributed by atoms with van der Waals surface area (Å²) in [5.74, 6) is -2.24. The van der Waals surface area contributed by atoms with Gasteiger partial charge in [0, 0.05) is 18.9 Å². The van der Waals surface area contributed by atoms with E-state index in [0.29, 0.717) is 5.56 Å². The van der Waals surface area contributed by atoms with Crippen LogP contribution in [0.4, 0.5) is 0 Å². The standard InChI is InChI=1S/C11H12N2.C9H8O4/c1-2-4-11(5-3-1)6-8-13-9-7-12-10-13;1-5-2-6(8(10)11)4-7(3-5)9(12)13/h1-5,7,9-10H,6,8H2;2-4H,1H3,(H,10,11)(H,12,13). The van der Waals surface area contributed by atoms with Gasteiger partial charge in [-0.1, -0.05) is 30.3 Å². The van der Waals surface area contributed by atoms with Crippen LogP contribution in [0.5, 0.6) is 0 Å². The minimum Gasteiger partial charge on any atom is -0.478 e. The number of aromatic carboxylic acids is 2. The Bertz CT molecular complexity index is 827. The lowest BCUT2D eigenvalue weighted by atomic mass is 10.1. The minimum atomic E-state index is -1.12. The Morgan fingerprint density at radius 3 is 2.12 bits per heavy atom.